The molecule has 2 rings (SSSR count). The predicted octanol–water partition coefficient (Wildman–Crippen LogP) is 3.94. The van der Waals surface area contributed by atoms with E-state index in [1.54, 1.807) is 4.90 Å². The molecule has 1 aliphatic heterocycles. The summed E-state index contributed by atoms with van der Waals surface area (Å²) in [5.41, 5.74) is 2.12. The fraction of sp³-hybridized carbons (Fsp3) is 0.588. The summed E-state index contributed by atoms with van der Waals surface area (Å²) in [6, 6.07) is 4.30. The van der Waals surface area contributed by atoms with Gasteiger partial charge in [-0.05, 0) is 73.5 Å². The number of thiol groups is 1. The van der Waals surface area contributed by atoms with Gasteiger partial charge in [0.15, 0.2) is 0 Å². The minimum Gasteiger partial charge on any atom is -0.444 e. The Morgan fingerprint density at radius 3 is 2.43 bits per heavy atom. The Morgan fingerprint density at radius 2 is 1.87 bits per heavy atom. The summed E-state index contributed by atoms with van der Waals surface area (Å²) in [4.78, 5) is 17.3. The number of halogens is 1. The van der Waals surface area contributed by atoms with Crippen molar-refractivity contribution in [3.63, 3.8) is 0 Å². The smallest absolute Gasteiger partial charge is 0.410 e. The molecule has 0 spiro atoms. The van der Waals surface area contributed by atoms with Crippen LogP contribution < -0.4 is 0 Å². The fourth-order valence-electron chi connectivity index (χ4n) is 2.54. The van der Waals surface area contributed by atoms with Crippen LogP contribution in [0.3, 0.4) is 0 Å². The number of benzene rings is 1. The first kappa shape index (κ1) is 18.9. The molecule has 128 valence electrons. The second-order valence-corrected chi connectivity index (χ2v) is 8.68. The second-order valence-electron chi connectivity index (χ2n) is 6.95. The van der Waals surface area contributed by atoms with E-state index >= 15 is 0 Å². The molecule has 0 atom stereocenters. The van der Waals surface area contributed by atoms with E-state index in [4.69, 9.17) is 4.74 Å². The first-order valence-electron chi connectivity index (χ1n) is 7.84. The molecule has 1 aromatic rings. The van der Waals surface area contributed by atoms with Crippen molar-refractivity contribution in [3.05, 3.63) is 26.8 Å². The summed E-state index contributed by atoms with van der Waals surface area (Å²) in [5.74, 6) is 0. The number of ether oxygens (including phenoxy) is 1. The third-order valence-corrected chi connectivity index (χ3v) is 4.96. The van der Waals surface area contributed by atoms with Crippen molar-refractivity contribution in [1.82, 2.24) is 9.80 Å². The molecule has 0 aromatic heterocycles. The van der Waals surface area contributed by atoms with Crippen LogP contribution >= 0.6 is 35.2 Å². The van der Waals surface area contributed by atoms with Crippen LogP contribution in [0.4, 0.5) is 4.79 Å². The van der Waals surface area contributed by atoms with Crippen LogP contribution in [0.15, 0.2) is 17.0 Å². The van der Waals surface area contributed by atoms with Crippen LogP contribution in [-0.2, 0) is 11.3 Å². The summed E-state index contributed by atoms with van der Waals surface area (Å²) in [5, 5.41) is 0. The molecule has 0 N–H and O–H groups in total. The van der Waals surface area contributed by atoms with E-state index < -0.39 is 5.60 Å². The average Bonchev–Trinajstić information content (AvgIpc) is 2.43. The topological polar surface area (TPSA) is 32.8 Å². The van der Waals surface area contributed by atoms with E-state index in [-0.39, 0.29) is 6.09 Å². The maximum Gasteiger partial charge on any atom is 0.410 e. The Bertz CT molecular complexity index is 579. The van der Waals surface area contributed by atoms with Crippen molar-refractivity contribution in [1.29, 1.82) is 0 Å². The number of amides is 1. The number of nitrogens with zero attached hydrogens (tertiary/aromatic N) is 2. The summed E-state index contributed by atoms with van der Waals surface area (Å²) in [6.07, 6.45) is -0.208. The molecule has 1 fully saturated rings. The first-order chi connectivity index (χ1) is 10.7. The number of hydrogen-bond donors (Lipinski definition) is 1. The van der Waals surface area contributed by atoms with Crippen molar-refractivity contribution in [2.45, 2.75) is 44.7 Å². The van der Waals surface area contributed by atoms with Gasteiger partial charge in [0.05, 0.1) is 0 Å². The van der Waals surface area contributed by atoms with E-state index in [1.807, 2.05) is 20.8 Å². The maximum absolute atomic E-state index is 12.1. The lowest BCUT2D eigenvalue weighted by Gasteiger charge is -2.35. The zero-order valence-electron chi connectivity index (χ0n) is 14.2. The summed E-state index contributed by atoms with van der Waals surface area (Å²) in [6.45, 7) is 11.9. The number of rotatable bonds is 2. The highest BCUT2D eigenvalue weighted by molar-refractivity contribution is 14.1. The minimum atomic E-state index is -0.435. The molecule has 1 aliphatic rings. The Morgan fingerprint density at radius 1 is 1.26 bits per heavy atom. The van der Waals surface area contributed by atoms with Crippen molar-refractivity contribution in [2.24, 2.45) is 0 Å². The summed E-state index contributed by atoms with van der Waals surface area (Å²) in [7, 11) is 0. The lowest BCUT2D eigenvalue weighted by Crippen LogP contribution is -2.49. The molecule has 1 heterocycles. The van der Waals surface area contributed by atoms with Gasteiger partial charge in [0.2, 0.25) is 0 Å². The lowest BCUT2D eigenvalue weighted by molar-refractivity contribution is 0.0139. The van der Waals surface area contributed by atoms with E-state index in [9.17, 15) is 4.79 Å². The molecular weight excluding hydrogens is 423 g/mol. The van der Waals surface area contributed by atoms with E-state index in [1.165, 1.54) is 14.7 Å². The largest absolute Gasteiger partial charge is 0.444 e. The standard InChI is InChI=1S/C17H25IN2O2S/c1-12-13(9-14(18)10-15(12)23)11-19-5-7-20(8-6-19)16(21)22-17(2,3)4/h9-10,23H,5-8,11H2,1-4H3. The molecule has 1 amide bonds. The van der Waals surface area contributed by atoms with Crippen molar-refractivity contribution < 1.29 is 9.53 Å². The van der Waals surface area contributed by atoms with Gasteiger partial charge < -0.3 is 9.64 Å². The number of carbonyl (C=O) groups is 1. The third kappa shape index (κ3) is 5.53. The van der Waals surface area contributed by atoms with Gasteiger partial charge in [-0.15, -0.1) is 12.6 Å². The van der Waals surface area contributed by atoms with Crippen LogP contribution in [0.2, 0.25) is 0 Å². The fourth-order valence-corrected chi connectivity index (χ4v) is 3.76. The lowest BCUT2D eigenvalue weighted by atomic mass is 10.1. The Labute approximate surface area is 158 Å². The molecule has 0 saturated carbocycles. The van der Waals surface area contributed by atoms with Crippen molar-refractivity contribution >= 4 is 41.3 Å². The molecule has 0 bridgehead atoms. The predicted molar refractivity (Wildman–Crippen MR) is 104 cm³/mol. The van der Waals surface area contributed by atoms with Gasteiger partial charge >= 0.3 is 6.09 Å². The van der Waals surface area contributed by atoms with Gasteiger partial charge in [0, 0.05) is 41.2 Å². The van der Waals surface area contributed by atoms with Gasteiger partial charge in [0.1, 0.15) is 5.60 Å². The summed E-state index contributed by atoms with van der Waals surface area (Å²) >= 11 is 6.87. The number of hydrogen-bond acceptors (Lipinski definition) is 4. The van der Waals surface area contributed by atoms with Gasteiger partial charge in [-0.2, -0.15) is 0 Å². The van der Waals surface area contributed by atoms with Crippen LogP contribution in [-0.4, -0.2) is 47.7 Å². The molecule has 0 aliphatic carbocycles. The van der Waals surface area contributed by atoms with Gasteiger partial charge in [0.25, 0.3) is 0 Å². The summed E-state index contributed by atoms with van der Waals surface area (Å²) < 4.78 is 6.65. The molecule has 0 unspecified atom stereocenters. The van der Waals surface area contributed by atoms with E-state index in [0.717, 1.165) is 24.5 Å². The molecule has 4 nitrogen and oxygen atoms in total. The van der Waals surface area contributed by atoms with Crippen LogP contribution in [0.5, 0.6) is 0 Å². The molecule has 23 heavy (non-hydrogen) atoms. The normalized spacial score (nSPS) is 16.5. The van der Waals surface area contributed by atoms with E-state index in [2.05, 4.69) is 59.2 Å². The molecular formula is C17H25IN2O2S. The van der Waals surface area contributed by atoms with Crippen molar-refractivity contribution in [3.8, 4) is 0 Å². The highest BCUT2D eigenvalue weighted by Crippen LogP contribution is 2.23. The SMILES string of the molecule is Cc1c(S)cc(I)cc1CN1CCN(C(=O)OC(C)(C)C)CC1. The first-order valence-corrected chi connectivity index (χ1v) is 9.36. The number of piperazine rings is 1. The molecule has 0 radical (unpaired) electrons. The monoisotopic (exact) mass is 448 g/mol. The Balaban J connectivity index is 1.92. The minimum absolute atomic E-state index is 0.208. The van der Waals surface area contributed by atoms with Gasteiger partial charge in [-0.1, -0.05) is 0 Å². The Kier molecular flexibility index (Phi) is 6.24. The van der Waals surface area contributed by atoms with Gasteiger partial charge in [-0.3, -0.25) is 4.90 Å². The van der Waals surface area contributed by atoms with E-state index in [0.29, 0.717) is 13.1 Å². The van der Waals surface area contributed by atoms with Gasteiger partial charge in [-0.25, -0.2) is 4.79 Å². The quantitative estimate of drug-likeness (QED) is 0.550. The zero-order chi connectivity index (χ0) is 17.2. The molecule has 6 heteroatoms. The highest BCUT2D eigenvalue weighted by Gasteiger charge is 2.26. The van der Waals surface area contributed by atoms with Crippen LogP contribution in [0, 0.1) is 10.5 Å². The molecule has 1 saturated heterocycles. The number of carbonyl (C=O) groups excluding carboxylic acids is 1. The third-order valence-electron chi connectivity index (χ3n) is 3.87. The van der Waals surface area contributed by atoms with Crippen LogP contribution in [0.1, 0.15) is 31.9 Å². The average molecular weight is 448 g/mol. The zero-order valence-corrected chi connectivity index (χ0v) is 17.3. The van der Waals surface area contributed by atoms with Crippen LogP contribution in [0.25, 0.3) is 0 Å². The second kappa shape index (κ2) is 7.61. The maximum atomic E-state index is 12.1. The Hall–Kier alpha value is -0.470. The van der Waals surface area contributed by atoms with Crippen molar-refractivity contribution in [2.75, 3.05) is 26.2 Å². The highest BCUT2D eigenvalue weighted by atomic mass is 127. The molecule has 1 aromatic carbocycles.